The van der Waals surface area contributed by atoms with E-state index in [1.54, 1.807) is 0 Å². The zero-order valence-corrected chi connectivity index (χ0v) is 13.5. The molecule has 1 aliphatic rings. The molecule has 0 heterocycles. The van der Waals surface area contributed by atoms with Gasteiger partial charge < -0.3 is 10.1 Å². The van der Waals surface area contributed by atoms with E-state index in [0.717, 1.165) is 16.8 Å². The summed E-state index contributed by atoms with van der Waals surface area (Å²) in [6, 6.07) is 16.1. The van der Waals surface area contributed by atoms with Crippen molar-refractivity contribution in [1.29, 1.82) is 0 Å². The van der Waals surface area contributed by atoms with E-state index in [0.29, 0.717) is 18.2 Å². The molecule has 3 nitrogen and oxygen atoms in total. The van der Waals surface area contributed by atoms with Crippen molar-refractivity contribution < 1.29 is 9.53 Å². The highest BCUT2D eigenvalue weighted by Crippen LogP contribution is 2.25. The summed E-state index contributed by atoms with van der Waals surface area (Å²) in [4.78, 5) is 12.2. The van der Waals surface area contributed by atoms with Crippen LogP contribution in [-0.4, -0.2) is 12.0 Å². The lowest BCUT2D eigenvalue weighted by molar-refractivity contribution is 0.0472. The molecule has 0 aromatic heterocycles. The van der Waals surface area contributed by atoms with Gasteiger partial charge in [-0.3, -0.25) is 0 Å². The minimum Gasteiger partial charge on any atom is -0.457 e. The standard InChI is InChI=1S/C20H23NO2/c1-15-13-17(11-12-19(15)21-18-9-5-6-10-18)20(22)23-14-16-7-3-2-4-8-16/h2-4,7-8,11-13,18,21H,5-6,9-10,14H2,1H3. The number of nitrogens with one attached hydrogen (secondary N) is 1. The minimum atomic E-state index is -0.274. The molecule has 0 atom stereocenters. The summed E-state index contributed by atoms with van der Waals surface area (Å²) in [6.45, 7) is 2.34. The fourth-order valence-corrected chi connectivity index (χ4v) is 3.05. The zero-order chi connectivity index (χ0) is 16.1. The maximum atomic E-state index is 12.2. The van der Waals surface area contributed by atoms with Crippen LogP contribution in [0, 0.1) is 6.92 Å². The molecule has 3 rings (SSSR count). The minimum absolute atomic E-state index is 0.274. The van der Waals surface area contributed by atoms with E-state index in [4.69, 9.17) is 4.74 Å². The number of hydrogen-bond donors (Lipinski definition) is 1. The molecule has 23 heavy (non-hydrogen) atoms. The van der Waals surface area contributed by atoms with Gasteiger partial charge in [0.15, 0.2) is 0 Å². The summed E-state index contributed by atoms with van der Waals surface area (Å²) < 4.78 is 5.38. The second-order valence-corrected chi connectivity index (χ2v) is 6.22. The van der Waals surface area contributed by atoms with Gasteiger partial charge in [-0.1, -0.05) is 43.2 Å². The molecule has 0 saturated heterocycles. The molecule has 0 bridgehead atoms. The van der Waals surface area contributed by atoms with E-state index < -0.39 is 0 Å². The first-order valence-corrected chi connectivity index (χ1v) is 8.30. The normalized spacial score (nSPS) is 14.7. The third-order valence-corrected chi connectivity index (χ3v) is 4.39. The number of hydrogen-bond acceptors (Lipinski definition) is 3. The number of ether oxygens (including phenoxy) is 1. The molecule has 120 valence electrons. The van der Waals surface area contributed by atoms with Crippen molar-refractivity contribution in [3.05, 3.63) is 65.2 Å². The molecule has 0 radical (unpaired) electrons. The van der Waals surface area contributed by atoms with Crippen LogP contribution in [0.1, 0.15) is 47.2 Å². The molecule has 3 heteroatoms. The van der Waals surface area contributed by atoms with Crippen molar-refractivity contribution in [3.8, 4) is 0 Å². The molecule has 1 saturated carbocycles. The fraction of sp³-hybridized carbons (Fsp3) is 0.350. The van der Waals surface area contributed by atoms with Crippen molar-refractivity contribution in [3.63, 3.8) is 0 Å². The van der Waals surface area contributed by atoms with Crippen LogP contribution < -0.4 is 5.32 Å². The Morgan fingerprint density at radius 3 is 2.57 bits per heavy atom. The Kier molecular flexibility index (Phi) is 4.96. The highest BCUT2D eigenvalue weighted by molar-refractivity contribution is 5.90. The third kappa shape index (κ3) is 4.13. The predicted octanol–water partition coefficient (Wildman–Crippen LogP) is 4.71. The van der Waals surface area contributed by atoms with Gasteiger partial charge in [0.1, 0.15) is 6.61 Å². The van der Waals surface area contributed by atoms with Gasteiger partial charge in [-0.2, -0.15) is 0 Å². The van der Waals surface area contributed by atoms with Crippen molar-refractivity contribution in [2.24, 2.45) is 0 Å². The van der Waals surface area contributed by atoms with Crippen LogP contribution in [0.2, 0.25) is 0 Å². The first kappa shape index (κ1) is 15.6. The topological polar surface area (TPSA) is 38.3 Å². The van der Waals surface area contributed by atoms with Crippen molar-refractivity contribution in [1.82, 2.24) is 0 Å². The Labute approximate surface area is 137 Å². The largest absolute Gasteiger partial charge is 0.457 e. The Hall–Kier alpha value is -2.29. The molecule has 2 aromatic rings. The Balaban J connectivity index is 1.61. The number of carbonyl (C=O) groups is 1. The molecule has 0 spiro atoms. The third-order valence-electron chi connectivity index (χ3n) is 4.39. The second kappa shape index (κ2) is 7.32. The summed E-state index contributed by atoms with van der Waals surface area (Å²) in [5, 5.41) is 3.58. The van der Waals surface area contributed by atoms with Gasteiger partial charge in [0.25, 0.3) is 0 Å². The van der Waals surface area contributed by atoms with Crippen molar-refractivity contribution in [2.45, 2.75) is 45.3 Å². The van der Waals surface area contributed by atoms with Gasteiger partial charge in [0.05, 0.1) is 5.56 Å². The molecule has 1 fully saturated rings. The first-order valence-electron chi connectivity index (χ1n) is 8.30. The van der Waals surface area contributed by atoms with Gasteiger partial charge in [-0.25, -0.2) is 4.79 Å². The number of esters is 1. The van der Waals surface area contributed by atoms with E-state index in [1.165, 1.54) is 25.7 Å². The molecular formula is C20H23NO2. The molecular weight excluding hydrogens is 286 g/mol. The van der Waals surface area contributed by atoms with E-state index in [1.807, 2.05) is 55.5 Å². The molecule has 0 amide bonds. The number of anilines is 1. The smallest absolute Gasteiger partial charge is 0.338 e. The fourth-order valence-electron chi connectivity index (χ4n) is 3.05. The van der Waals surface area contributed by atoms with E-state index in [9.17, 15) is 4.79 Å². The second-order valence-electron chi connectivity index (χ2n) is 6.22. The Bertz CT molecular complexity index is 661. The summed E-state index contributed by atoms with van der Waals surface area (Å²) in [5.74, 6) is -0.274. The highest BCUT2D eigenvalue weighted by atomic mass is 16.5. The lowest BCUT2D eigenvalue weighted by Crippen LogP contribution is -2.15. The summed E-state index contributed by atoms with van der Waals surface area (Å²) in [5.41, 5.74) is 3.81. The van der Waals surface area contributed by atoms with Crippen LogP contribution in [-0.2, 0) is 11.3 Å². The average molecular weight is 309 g/mol. The quantitative estimate of drug-likeness (QED) is 0.813. The maximum Gasteiger partial charge on any atom is 0.338 e. The zero-order valence-electron chi connectivity index (χ0n) is 13.5. The SMILES string of the molecule is Cc1cc(C(=O)OCc2ccccc2)ccc1NC1CCCC1. The average Bonchev–Trinajstić information content (AvgIpc) is 3.08. The van der Waals surface area contributed by atoms with Crippen LogP contribution in [0.15, 0.2) is 48.5 Å². The van der Waals surface area contributed by atoms with Gasteiger partial charge in [-0.15, -0.1) is 0 Å². The number of benzene rings is 2. The van der Waals surface area contributed by atoms with Crippen LogP contribution >= 0.6 is 0 Å². The van der Waals surface area contributed by atoms with Crippen LogP contribution in [0.5, 0.6) is 0 Å². The molecule has 1 aliphatic carbocycles. The summed E-state index contributed by atoms with van der Waals surface area (Å²) in [7, 11) is 0. The van der Waals surface area contributed by atoms with Crippen LogP contribution in [0.4, 0.5) is 5.69 Å². The van der Waals surface area contributed by atoms with Gasteiger partial charge in [-0.05, 0) is 49.1 Å². The van der Waals surface area contributed by atoms with Gasteiger partial charge in [0, 0.05) is 11.7 Å². The molecule has 2 aromatic carbocycles. The summed E-state index contributed by atoms with van der Waals surface area (Å²) >= 11 is 0. The van der Waals surface area contributed by atoms with E-state index in [-0.39, 0.29) is 5.97 Å². The molecule has 0 unspecified atom stereocenters. The summed E-state index contributed by atoms with van der Waals surface area (Å²) in [6.07, 6.45) is 5.09. The monoisotopic (exact) mass is 309 g/mol. The van der Waals surface area contributed by atoms with E-state index in [2.05, 4.69) is 5.32 Å². The van der Waals surface area contributed by atoms with Crippen molar-refractivity contribution >= 4 is 11.7 Å². The Morgan fingerprint density at radius 1 is 1.13 bits per heavy atom. The number of rotatable bonds is 5. The predicted molar refractivity (Wildman–Crippen MR) is 92.6 cm³/mol. The van der Waals surface area contributed by atoms with E-state index >= 15 is 0 Å². The lowest BCUT2D eigenvalue weighted by Gasteiger charge is -2.16. The highest BCUT2D eigenvalue weighted by Gasteiger charge is 2.16. The van der Waals surface area contributed by atoms with Crippen molar-refractivity contribution in [2.75, 3.05) is 5.32 Å². The van der Waals surface area contributed by atoms with Crippen LogP contribution in [0.3, 0.4) is 0 Å². The molecule has 1 N–H and O–H groups in total. The maximum absolute atomic E-state index is 12.2. The lowest BCUT2D eigenvalue weighted by atomic mass is 10.1. The number of aryl methyl sites for hydroxylation is 1. The van der Waals surface area contributed by atoms with Gasteiger partial charge >= 0.3 is 5.97 Å². The molecule has 0 aliphatic heterocycles. The van der Waals surface area contributed by atoms with Crippen LogP contribution in [0.25, 0.3) is 0 Å². The Morgan fingerprint density at radius 2 is 1.87 bits per heavy atom. The number of carbonyl (C=O) groups excluding carboxylic acids is 1. The van der Waals surface area contributed by atoms with Gasteiger partial charge in [0.2, 0.25) is 0 Å². The first-order chi connectivity index (χ1) is 11.2.